The van der Waals surface area contributed by atoms with Gasteiger partial charge >= 0.3 is 0 Å². The number of pyridine rings is 3. The molecule has 3 aromatic heterocycles. The van der Waals surface area contributed by atoms with E-state index in [0.29, 0.717) is 12.2 Å². The Morgan fingerprint density at radius 1 is 0.968 bits per heavy atom. The molecule has 2 atom stereocenters. The Hall–Kier alpha value is -3.64. The number of benzene rings is 1. The number of para-hydroxylation sites is 1. The van der Waals surface area contributed by atoms with Crippen molar-refractivity contribution in [3.8, 4) is 11.3 Å². The number of nitrogens with zero attached hydrogens (tertiary/aromatic N) is 3. The van der Waals surface area contributed by atoms with Gasteiger partial charge in [0.1, 0.15) is 0 Å². The average molecular weight is 410 g/mol. The van der Waals surface area contributed by atoms with Gasteiger partial charge in [0, 0.05) is 48.4 Å². The first-order valence-electron chi connectivity index (χ1n) is 10.4. The van der Waals surface area contributed by atoms with Crippen LogP contribution in [-0.4, -0.2) is 33.5 Å². The number of amides is 1. The molecule has 1 aliphatic rings. The van der Waals surface area contributed by atoms with Gasteiger partial charge in [0.15, 0.2) is 0 Å². The summed E-state index contributed by atoms with van der Waals surface area (Å²) in [6.45, 7) is 0.608. The Labute approximate surface area is 180 Å². The van der Waals surface area contributed by atoms with Crippen molar-refractivity contribution >= 4 is 16.8 Å². The molecular formula is C25H22N4O2. The van der Waals surface area contributed by atoms with Crippen LogP contribution in [0, 0.1) is 0 Å². The average Bonchev–Trinajstić information content (AvgIpc) is 2.84. The van der Waals surface area contributed by atoms with E-state index in [1.165, 1.54) is 0 Å². The first-order chi connectivity index (χ1) is 15.3. The van der Waals surface area contributed by atoms with Crippen molar-refractivity contribution in [1.29, 1.82) is 0 Å². The lowest BCUT2D eigenvalue weighted by molar-refractivity contribution is 0.000872. The van der Waals surface area contributed by atoms with Crippen molar-refractivity contribution in [2.24, 2.45) is 0 Å². The zero-order valence-corrected chi connectivity index (χ0v) is 16.9. The van der Waals surface area contributed by atoms with E-state index >= 15 is 0 Å². The monoisotopic (exact) mass is 410 g/mol. The van der Waals surface area contributed by atoms with Gasteiger partial charge in [0.2, 0.25) is 0 Å². The first-order valence-corrected chi connectivity index (χ1v) is 10.4. The van der Waals surface area contributed by atoms with Crippen molar-refractivity contribution in [3.63, 3.8) is 0 Å². The molecule has 0 bridgehead atoms. The van der Waals surface area contributed by atoms with E-state index in [1.807, 2.05) is 54.6 Å². The van der Waals surface area contributed by atoms with Gasteiger partial charge in [-0.1, -0.05) is 18.2 Å². The summed E-state index contributed by atoms with van der Waals surface area (Å²) >= 11 is 0. The summed E-state index contributed by atoms with van der Waals surface area (Å²) in [5, 5.41) is 4.07. The fraction of sp³-hybridized carbons (Fsp3) is 0.200. The zero-order chi connectivity index (χ0) is 21.0. The highest BCUT2D eigenvalue weighted by Crippen LogP contribution is 2.29. The predicted octanol–water partition coefficient (Wildman–Crippen LogP) is 4.34. The first kappa shape index (κ1) is 19.3. The van der Waals surface area contributed by atoms with Crippen LogP contribution in [-0.2, 0) is 4.74 Å². The lowest BCUT2D eigenvalue weighted by atomic mass is 9.97. The maximum absolute atomic E-state index is 13.4. The highest BCUT2D eigenvalue weighted by atomic mass is 16.5. The molecule has 1 saturated heterocycles. The zero-order valence-electron chi connectivity index (χ0n) is 16.9. The third-order valence-electron chi connectivity index (χ3n) is 5.63. The fourth-order valence-electron chi connectivity index (χ4n) is 4.04. The lowest BCUT2D eigenvalue weighted by Gasteiger charge is -2.30. The number of ether oxygens (including phenoxy) is 1. The molecule has 4 aromatic rings. The molecule has 0 saturated carbocycles. The second-order valence-corrected chi connectivity index (χ2v) is 7.64. The summed E-state index contributed by atoms with van der Waals surface area (Å²) in [6.07, 6.45) is 8.47. The van der Waals surface area contributed by atoms with Gasteiger partial charge in [-0.15, -0.1) is 0 Å². The van der Waals surface area contributed by atoms with E-state index in [2.05, 4.69) is 15.3 Å². The minimum atomic E-state index is -0.0886. The molecule has 2 unspecified atom stereocenters. The van der Waals surface area contributed by atoms with Crippen LogP contribution < -0.4 is 5.32 Å². The molecule has 0 aliphatic carbocycles. The topological polar surface area (TPSA) is 77.0 Å². The molecule has 6 nitrogen and oxygen atoms in total. The molecule has 1 fully saturated rings. The van der Waals surface area contributed by atoms with Crippen molar-refractivity contribution in [3.05, 3.63) is 90.5 Å². The van der Waals surface area contributed by atoms with E-state index in [4.69, 9.17) is 9.72 Å². The molecular weight excluding hydrogens is 388 g/mol. The van der Waals surface area contributed by atoms with E-state index in [-0.39, 0.29) is 18.1 Å². The van der Waals surface area contributed by atoms with Gasteiger partial charge in [0.25, 0.3) is 5.91 Å². The number of carbonyl (C=O) groups excluding carboxylic acids is 1. The van der Waals surface area contributed by atoms with Gasteiger partial charge in [-0.3, -0.25) is 14.8 Å². The Bertz CT molecular complexity index is 1200. The summed E-state index contributed by atoms with van der Waals surface area (Å²) in [4.78, 5) is 26.3. The van der Waals surface area contributed by atoms with Crippen LogP contribution in [0.1, 0.15) is 34.9 Å². The minimum absolute atomic E-state index is 0.0377. The smallest absolute Gasteiger partial charge is 0.252 e. The maximum Gasteiger partial charge on any atom is 0.252 e. The molecule has 0 radical (unpaired) electrons. The van der Waals surface area contributed by atoms with Gasteiger partial charge in [-0.25, -0.2) is 4.98 Å². The number of fused-ring (bicyclic) bond motifs is 1. The van der Waals surface area contributed by atoms with Crippen LogP contribution in [0.15, 0.2) is 79.4 Å². The molecule has 154 valence electrons. The lowest BCUT2D eigenvalue weighted by Crippen LogP contribution is -2.40. The highest BCUT2D eigenvalue weighted by molar-refractivity contribution is 6.07. The molecule has 4 heterocycles. The minimum Gasteiger partial charge on any atom is -0.373 e. The molecule has 1 N–H and O–H groups in total. The predicted molar refractivity (Wildman–Crippen MR) is 118 cm³/mol. The number of aromatic nitrogens is 3. The van der Waals surface area contributed by atoms with E-state index in [1.54, 1.807) is 24.8 Å². The largest absolute Gasteiger partial charge is 0.373 e. The summed E-state index contributed by atoms with van der Waals surface area (Å²) in [7, 11) is 0. The third kappa shape index (κ3) is 4.15. The SMILES string of the molecule is O=C(NC1CCOC(c2ccncc2)C1)c1cc(-c2ccncc2)nc2ccccc12. The Morgan fingerprint density at radius 3 is 2.52 bits per heavy atom. The standard InChI is InChI=1S/C25H22N4O2/c30-25(28-19-9-14-31-24(15-19)18-7-12-27-13-8-18)21-16-23(17-5-10-26-11-6-17)29-22-4-2-1-3-20(21)22/h1-8,10-13,16,19,24H,9,14-15H2,(H,28,30). The molecule has 1 amide bonds. The van der Waals surface area contributed by atoms with Crippen LogP contribution >= 0.6 is 0 Å². The van der Waals surface area contributed by atoms with Crippen molar-refractivity contribution < 1.29 is 9.53 Å². The summed E-state index contributed by atoms with van der Waals surface area (Å²) in [6, 6.07) is 17.4. The van der Waals surface area contributed by atoms with Crippen molar-refractivity contribution in [1.82, 2.24) is 20.3 Å². The summed E-state index contributed by atoms with van der Waals surface area (Å²) < 4.78 is 5.93. The maximum atomic E-state index is 13.4. The van der Waals surface area contributed by atoms with Crippen molar-refractivity contribution in [2.75, 3.05) is 6.61 Å². The van der Waals surface area contributed by atoms with Crippen LogP contribution in [0.3, 0.4) is 0 Å². The Morgan fingerprint density at radius 2 is 1.71 bits per heavy atom. The summed E-state index contributed by atoms with van der Waals surface area (Å²) in [5.74, 6) is -0.0886. The Balaban J connectivity index is 1.43. The van der Waals surface area contributed by atoms with E-state index in [0.717, 1.165) is 40.6 Å². The molecule has 31 heavy (non-hydrogen) atoms. The van der Waals surface area contributed by atoms with Gasteiger partial charge in [0.05, 0.1) is 22.9 Å². The number of hydrogen-bond donors (Lipinski definition) is 1. The van der Waals surface area contributed by atoms with E-state index < -0.39 is 0 Å². The molecule has 5 rings (SSSR count). The van der Waals surface area contributed by atoms with Crippen LogP contribution in [0.5, 0.6) is 0 Å². The van der Waals surface area contributed by atoms with Crippen LogP contribution in [0.25, 0.3) is 22.2 Å². The number of rotatable bonds is 4. The van der Waals surface area contributed by atoms with E-state index in [9.17, 15) is 4.79 Å². The Kier molecular flexibility index (Phi) is 5.37. The fourth-order valence-corrected chi connectivity index (χ4v) is 4.04. The number of nitrogens with one attached hydrogen (secondary N) is 1. The quantitative estimate of drug-likeness (QED) is 0.541. The van der Waals surface area contributed by atoms with Crippen molar-refractivity contribution in [2.45, 2.75) is 25.0 Å². The normalized spacial score (nSPS) is 18.6. The third-order valence-corrected chi connectivity index (χ3v) is 5.63. The van der Waals surface area contributed by atoms with Gasteiger partial charge < -0.3 is 10.1 Å². The second kappa shape index (κ2) is 8.62. The van der Waals surface area contributed by atoms with Gasteiger partial charge in [-0.2, -0.15) is 0 Å². The highest BCUT2D eigenvalue weighted by Gasteiger charge is 2.26. The van der Waals surface area contributed by atoms with Gasteiger partial charge in [-0.05, 0) is 54.8 Å². The number of hydrogen-bond acceptors (Lipinski definition) is 5. The summed E-state index contributed by atoms with van der Waals surface area (Å²) in [5.41, 5.74) is 4.20. The molecule has 1 aliphatic heterocycles. The number of carbonyl (C=O) groups is 1. The van der Waals surface area contributed by atoms with Crippen LogP contribution in [0.2, 0.25) is 0 Å². The molecule has 0 spiro atoms. The molecule has 1 aromatic carbocycles. The van der Waals surface area contributed by atoms with Crippen LogP contribution in [0.4, 0.5) is 0 Å². The second-order valence-electron chi connectivity index (χ2n) is 7.64. The molecule has 6 heteroatoms.